The third-order valence-electron chi connectivity index (χ3n) is 12.6. The van der Waals surface area contributed by atoms with Gasteiger partial charge in [-0.15, -0.1) is 0 Å². The number of carbonyl (C=O) groups excluding carboxylic acids is 1. The number of phenols is 1. The van der Waals surface area contributed by atoms with Crippen LogP contribution in [0.2, 0.25) is 5.04 Å². The van der Waals surface area contributed by atoms with Crippen LogP contribution in [0.1, 0.15) is 65.6 Å². The molecule has 3 aliphatic rings. The molecule has 3 aliphatic heterocycles. The van der Waals surface area contributed by atoms with Crippen LogP contribution in [-0.4, -0.2) is 110 Å². The highest BCUT2D eigenvalue weighted by molar-refractivity contribution is 6.99. The standard InChI is InChI=1S/C49H62N6O5Si/c1-48(2,3)60-47(57)54-27-28-55(37(31-54)34-59-61(49(4,5)6,39-19-10-8-11-20-39)40-21-12-9-13-22-40)45-42-24-26-53(44-30-38(56)29-35-17-14-15-23-41(35)44)32-43(42)50-46(51-45)58-33-36-18-16-25-52(36)7/h8-15,17,19-23,29-30,36-37,56H,16,18,24-28,31-34H2,1-7H3/t36-,37-/m0/s1. The third-order valence-corrected chi connectivity index (χ3v) is 17.6. The molecule has 1 aromatic heterocycles. The summed E-state index contributed by atoms with van der Waals surface area (Å²) < 4.78 is 20.1. The molecule has 2 atom stereocenters. The van der Waals surface area contributed by atoms with E-state index in [9.17, 15) is 9.90 Å². The number of aromatic hydroxyl groups is 1. The maximum Gasteiger partial charge on any atom is 0.410 e. The molecule has 0 saturated carbocycles. The number of piperazine rings is 1. The Bertz CT molecular complexity index is 2280. The second kappa shape index (κ2) is 17.3. The predicted molar refractivity (Wildman–Crippen MR) is 246 cm³/mol. The fourth-order valence-corrected chi connectivity index (χ4v) is 14.1. The van der Waals surface area contributed by atoms with E-state index in [0.717, 1.165) is 52.9 Å². The van der Waals surface area contributed by atoms with E-state index in [2.05, 4.69) is 109 Å². The molecule has 1 N–H and O–H groups in total. The summed E-state index contributed by atoms with van der Waals surface area (Å²) >= 11 is 0. The molecule has 8 rings (SSSR count). The number of hydrogen-bond donors (Lipinski definition) is 1. The molecule has 2 fully saturated rings. The minimum absolute atomic E-state index is 0.234. The van der Waals surface area contributed by atoms with Crippen molar-refractivity contribution in [3.05, 3.63) is 108 Å². The summed E-state index contributed by atoms with van der Waals surface area (Å²) in [4.78, 5) is 33.1. The molecule has 61 heavy (non-hydrogen) atoms. The number of benzene rings is 4. The van der Waals surface area contributed by atoms with Crippen molar-refractivity contribution in [3.63, 3.8) is 0 Å². The summed E-state index contributed by atoms with van der Waals surface area (Å²) in [6.07, 6.45) is 2.57. The number of aromatic nitrogens is 2. The van der Waals surface area contributed by atoms with Gasteiger partial charge in [-0.25, -0.2) is 4.79 Å². The van der Waals surface area contributed by atoms with Crippen LogP contribution in [0, 0.1) is 0 Å². The van der Waals surface area contributed by atoms with Gasteiger partial charge in [0.1, 0.15) is 23.8 Å². The van der Waals surface area contributed by atoms with Crippen molar-refractivity contribution in [3.8, 4) is 11.8 Å². The molecule has 1 amide bonds. The number of likely N-dealkylation sites (N-methyl/N-ethyl adjacent to an activating group) is 1. The summed E-state index contributed by atoms with van der Waals surface area (Å²) in [5.74, 6) is 1.07. The van der Waals surface area contributed by atoms with Crippen molar-refractivity contribution in [1.82, 2.24) is 19.8 Å². The van der Waals surface area contributed by atoms with Gasteiger partial charge in [0.25, 0.3) is 8.32 Å². The van der Waals surface area contributed by atoms with E-state index in [1.165, 1.54) is 10.4 Å². The molecule has 4 heterocycles. The number of phenolic OH excluding ortho intramolecular Hbond substituents is 1. The van der Waals surface area contributed by atoms with Gasteiger partial charge in [0.2, 0.25) is 0 Å². The fourth-order valence-electron chi connectivity index (χ4n) is 9.55. The van der Waals surface area contributed by atoms with Crippen LogP contribution < -0.4 is 24.9 Å². The minimum Gasteiger partial charge on any atom is -0.508 e. The van der Waals surface area contributed by atoms with Gasteiger partial charge in [0.15, 0.2) is 0 Å². The first-order valence-electron chi connectivity index (χ1n) is 21.9. The quantitative estimate of drug-likeness (QED) is 0.144. The van der Waals surface area contributed by atoms with E-state index in [1.54, 1.807) is 0 Å². The van der Waals surface area contributed by atoms with Crippen LogP contribution in [0.4, 0.5) is 16.3 Å². The van der Waals surface area contributed by atoms with Crippen LogP contribution in [0.5, 0.6) is 11.8 Å². The van der Waals surface area contributed by atoms with E-state index in [1.807, 2.05) is 56.0 Å². The zero-order valence-corrected chi connectivity index (χ0v) is 37.9. The van der Waals surface area contributed by atoms with Gasteiger partial charge in [-0.2, -0.15) is 9.97 Å². The summed E-state index contributed by atoms with van der Waals surface area (Å²) in [7, 11) is -0.798. The molecule has 0 bridgehead atoms. The molecule has 5 aromatic rings. The number of fused-ring (bicyclic) bond motifs is 2. The molecule has 0 spiro atoms. The van der Waals surface area contributed by atoms with Gasteiger partial charge in [-0.05, 0) is 80.5 Å². The number of hydrogen-bond acceptors (Lipinski definition) is 10. The largest absolute Gasteiger partial charge is 0.508 e. The third kappa shape index (κ3) is 8.94. The second-order valence-corrected chi connectivity index (χ2v) is 23.3. The van der Waals surface area contributed by atoms with E-state index in [4.69, 9.17) is 23.9 Å². The fraction of sp³-hybridized carbons (Fsp3) is 0.449. The van der Waals surface area contributed by atoms with Crippen LogP contribution >= 0.6 is 0 Å². The van der Waals surface area contributed by atoms with Gasteiger partial charge in [0, 0.05) is 54.9 Å². The van der Waals surface area contributed by atoms with Crippen molar-refractivity contribution in [2.75, 3.05) is 62.8 Å². The number of ether oxygens (including phenoxy) is 2. The topological polar surface area (TPSA) is 104 Å². The van der Waals surface area contributed by atoms with Gasteiger partial charge in [-0.1, -0.05) is 106 Å². The highest BCUT2D eigenvalue weighted by Gasteiger charge is 2.51. The summed E-state index contributed by atoms with van der Waals surface area (Å²) in [5.41, 5.74) is 2.32. The Hall–Kier alpha value is -5.17. The number of rotatable bonds is 10. The Labute approximate surface area is 362 Å². The Balaban J connectivity index is 1.20. The van der Waals surface area contributed by atoms with Crippen molar-refractivity contribution < 1.29 is 23.8 Å². The Kier molecular flexibility index (Phi) is 12.1. The van der Waals surface area contributed by atoms with Crippen LogP contribution in [0.3, 0.4) is 0 Å². The lowest BCUT2D eigenvalue weighted by molar-refractivity contribution is 0.0199. The van der Waals surface area contributed by atoms with Crippen molar-refractivity contribution in [2.45, 2.75) is 90.1 Å². The smallest absolute Gasteiger partial charge is 0.410 e. The Morgan fingerprint density at radius 2 is 1.51 bits per heavy atom. The molecule has 2 saturated heterocycles. The number of likely N-dealkylation sites (tertiary alicyclic amines) is 1. The van der Waals surface area contributed by atoms with Gasteiger partial charge in [-0.3, -0.25) is 0 Å². The average Bonchev–Trinajstić information content (AvgIpc) is 3.66. The van der Waals surface area contributed by atoms with Gasteiger partial charge >= 0.3 is 12.1 Å². The molecule has 322 valence electrons. The van der Waals surface area contributed by atoms with E-state index >= 15 is 0 Å². The molecule has 11 nitrogen and oxygen atoms in total. The summed E-state index contributed by atoms with van der Waals surface area (Å²) in [6, 6.07) is 33.6. The molecule has 4 aromatic carbocycles. The van der Waals surface area contributed by atoms with Gasteiger partial charge < -0.3 is 38.6 Å². The monoisotopic (exact) mass is 842 g/mol. The second-order valence-electron chi connectivity index (χ2n) is 18.9. The molecule has 12 heteroatoms. The Morgan fingerprint density at radius 1 is 0.820 bits per heavy atom. The zero-order valence-electron chi connectivity index (χ0n) is 36.9. The number of nitrogens with zero attached hydrogens (tertiary/aromatic N) is 6. The normalized spacial score (nSPS) is 19.0. The lowest BCUT2D eigenvalue weighted by Gasteiger charge is -2.47. The van der Waals surface area contributed by atoms with Crippen molar-refractivity contribution >= 4 is 47.1 Å². The number of anilines is 2. The van der Waals surface area contributed by atoms with E-state index in [0.29, 0.717) is 64.4 Å². The first-order chi connectivity index (χ1) is 29.2. The molecule has 0 aliphatic carbocycles. The first kappa shape index (κ1) is 42.5. The predicted octanol–water partition coefficient (Wildman–Crippen LogP) is 7.37. The van der Waals surface area contributed by atoms with Crippen molar-refractivity contribution in [2.24, 2.45) is 0 Å². The maximum absolute atomic E-state index is 13.8. The zero-order chi connectivity index (χ0) is 42.9. The molecule has 0 unspecified atom stereocenters. The molecular formula is C49H62N6O5Si. The summed E-state index contributed by atoms with van der Waals surface area (Å²) in [5, 5.41) is 15.1. The number of carbonyl (C=O) groups is 1. The van der Waals surface area contributed by atoms with E-state index < -0.39 is 13.9 Å². The van der Waals surface area contributed by atoms with E-state index in [-0.39, 0.29) is 22.9 Å². The highest BCUT2D eigenvalue weighted by Crippen LogP contribution is 2.40. The Morgan fingerprint density at radius 3 is 2.16 bits per heavy atom. The SMILES string of the molecule is CN1CCC[C@H]1COc1nc2c(c(N3CCN(C(=O)OC(C)(C)C)C[C@H]3CO[Si](c3ccccc3)(c3ccccc3)C(C)(C)C)n1)CCN(c1cc(O)cc3ccccc13)C2. The van der Waals surface area contributed by atoms with Crippen LogP contribution in [-0.2, 0) is 22.1 Å². The maximum atomic E-state index is 13.8. The van der Waals surface area contributed by atoms with Crippen LogP contribution in [0.25, 0.3) is 10.8 Å². The minimum atomic E-state index is -2.95. The lowest BCUT2D eigenvalue weighted by Crippen LogP contribution is -2.68. The molecule has 0 radical (unpaired) electrons. The number of amides is 1. The van der Waals surface area contributed by atoms with Crippen molar-refractivity contribution in [1.29, 1.82) is 0 Å². The lowest BCUT2D eigenvalue weighted by atomic mass is 10.0. The average molecular weight is 843 g/mol. The highest BCUT2D eigenvalue weighted by atomic mass is 28.4. The first-order valence-corrected chi connectivity index (χ1v) is 23.8. The van der Waals surface area contributed by atoms with Crippen LogP contribution in [0.15, 0.2) is 97.1 Å². The van der Waals surface area contributed by atoms with Gasteiger partial charge in [0.05, 0.1) is 24.9 Å². The molecular weight excluding hydrogens is 781 g/mol. The summed E-state index contributed by atoms with van der Waals surface area (Å²) in [6.45, 7) is 17.1.